The van der Waals surface area contributed by atoms with Crippen molar-refractivity contribution in [1.29, 1.82) is 0 Å². The fourth-order valence-electron chi connectivity index (χ4n) is 4.10. The molecular formula is C19H34N+. The van der Waals surface area contributed by atoms with E-state index in [9.17, 15) is 0 Å². The number of rotatable bonds is 3. The van der Waals surface area contributed by atoms with Crippen molar-refractivity contribution in [2.24, 2.45) is 11.3 Å². The molecule has 0 amide bonds. The van der Waals surface area contributed by atoms with Crippen LogP contribution in [0.2, 0.25) is 0 Å². The smallest absolute Gasteiger partial charge is 0.105 e. The molecule has 1 heteroatoms. The Hall–Kier alpha value is -0.560. The Morgan fingerprint density at radius 1 is 1.25 bits per heavy atom. The number of likely N-dealkylation sites (tertiary alicyclic amines) is 1. The minimum Gasteiger partial charge on any atom is -0.321 e. The molecule has 1 saturated heterocycles. The molecule has 0 spiro atoms. The fourth-order valence-corrected chi connectivity index (χ4v) is 4.10. The van der Waals surface area contributed by atoms with E-state index in [0.717, 1.165) is 0 Å². The number of piperidine rings is 1. The lowest BCUT2D eigenvalue weighted by atomic mass is 9.68. The van der Waals surface area contributed by atoms with E-state index >= 15 is 0 Å². The zero-order valence-electron chi connectivity index (χ0n) is 14.3. The van der Waals surface area contributed by atoms with Gasteiger partial charge in [-0.2, -0.15) is 0 Å². The molecule has 1 nitrogen and oxygen atoms in total. The first kappa shape index (κ1) is 15.8. The monoisotopic (exact) mass is 276 g/mol. The number of hydrogen-bond donors (Lipinski definition) is 0. The quantitative estimate of drug-likeness (QED) is 0.506. The van der Waals surface area contributed by atoms with Crippen LogP contribution >= 0.6 is 0 Å². The molecule has 2 atom stereocenters. The minimum absolute atomic E-state index is 0.426. The van der Waals surface area contributed by atoms with Gasteiger partial charge in [0.1, 0.15) is 6.04 Å². The van der Waals surface area contributed by atoms with Crippen molar-refractivity contribution in [3.05, 3.63) is 23.8 Å². The van der Waals surface area contributed by atoms with Crippen LogP contribution in [0, 0.1) is 11.3 Å². The van der Waals surface area contributed by atoms with Crippen LogP contribution in [0.25, 0.3) is 0 Å². The van der Waals surface area contributed by atoms with Crippen LogP contribution in [-0.2, 0) is 0 Å². The highest BCUT2D eigenvalue weighted by molar-refractivity contribution is 5.19. The molecule has 1 fully saturated rings. The first-order valence-corrected chi connectivity index (χ1v) is 8.54. The van der Waals surface area contributed by atoms with Crippen molar-refractivity contribution in [2.75, 3.05) is 20.1 Å². The largest absolute Gasteiger partial charge is 0.321 e. The van der Waals surface area contributed by atoms with E-state index in [2.05, 4.69) is 53.0 Å². The predicted molar refractivity (Wildman–Crippen MR) is 88.6 cm³/mol. The summed E-state index contributed by atoms with van der Waals surface area (Å²) in [5, 5.41) is 0. The minimum atomic E-state index is 0.426. The number of allylic oxidation sites excluding steroid dienone is 3. The van der Waals surface area contributed by atoms with E-state index < -0.39 is 0 Å². The molecular weight excluding hydrogens is 242 g/mol. The molecule has 1 aliphatic carbocycles. The SMILES string of the molecule is CC1=CCCC(C)(C)C1C=CC(C)[N+]1(C)CCCCC1. The van der Waals surface area contributed by atoms with Crippen molar-refractivity contribution in [1.82, 2.24) is 0 Å². The van der Waals surface area contributed by atoms with Crippen LogP contribution in [0.3, 0.4) is 0 Å². The Labute approximate surface area is 126 Å². The van der Waals surface area contributed by atoms with Gasteiger partial charge in [-0.05, 0) is 57.4 Å². The fraction of sp³-hybridized carbons (Fsp3) is 0.789. The van der Waals surface area contributed by atoms with Crippen LogP contribution in [-0.4, -0.2) is 30.7 Å². The average molecular weight is 276 g/mol. The molecule has 1 heterocycles. The van der Waals surface area contributed by atoms with Crippen molar-refractivity contribution >= 4 is 0 Å². The summed E-state index contributed by atoms with van der Waals surface area (Å²) in [5.41, 5.74) is 2.00. The number of nitrogens with zero attached hydrogens (tertiary/aromatic N) is 1. The summed E-state index contributed by atoms with van der Waals surface area (Å²) < 4.78 is 1.24. The third-order valence-corrected chi connectivity index (χ3v) is 5.99. The maximum absolute atomic E-state index is 2.52. The second-order valence-corrected chi connectivity index (χ2v) is 8.07. The van der Waals surface area contributed by atoms with Gasteiger partial charge in [-0.1, -0.05) is 31.6 Å². The first-order valence-electron chi connectivity index (χ1n) is 8.54. The van der Waals surface area contributed by atoms with Gasteiger partial charge < -0.3 is 4.48 Å². The van der Waals surface area contributed by atoms with Gasteiger partial charge in [-0.25, -0.2) is 0 Å². The molecule has 1 aliphatic heterocycles. The lowest BCUT2D eigenvalue weighted by Gasteiger charge is -2.42. The van der Waals surface area contributed by atoms with Crippen molar-refractivity contribution < 1.29 is 4.48 Å². The van der Waals surface area contributed by atoms with Crippen LogP contribution in [0.15, 0.2) is 23.8 Å². The molecule has 0 bridgehead atoms. The zero-order valence-corrected chi connectivity index (χ0v) is 14.3. The van der Waals surface area contributed by atoms with E-state index in [1.165, 1.54) is 49.7 Å². The summed E-state index contributed by atoms with van der Waals surface area (Å²) in [5.74, 6) is 0.634. The topological polar surface area (TPSA) is 0 Å². The molecule has 114 valence electrons. The molecule has 2 aliphatic rings. The molecule has 2 rings (SSSR count). The van der Waals surface area contributed by atoms with Crippen molar-refractivity contribution in [3.63, 3.8) is 0 Å². The second kappa shape index (κ2) is 6.05. The molecule has 0 N–H and O–H groups in total. The Morgan fingerprint density at radius 2 is 1.90 bits per heavy atom. The van der Waals surface area contributed by atoms with E-state index in [4.69, 9.17) is 0 Å². The highest BCUT2D eigenvalue weighted by Crippen LogP contribution is 2.41. The molecule has 0 radical (unpaired) electrons. The van der Waals surface area contributed by atoms with Crippen LogP contribution in [0.5, 0.6) is 0 Å². The van der Waals surface area contributed by atoms with Gasteiger partial charge in [0.25, 0.3) is 0 Å². The van der Waals surface area contributed by atoms with Gasteiger partial charge in [0.15, 0.2) is 0 Å². The molecule has 20 heavy (non-hydrogen) atoms. The third kappa shape index (κ3) is 3.36. The maximum Gasteiger partial charge on any atom is 0.105 e. The molecule has 0 aromatic heterocycles. The summed E-state index contributed by atoms with van der Waals surface area (Å²) >= 11 is 0. The zero-order chi connectivity index (χ0) is 14.8. The predicted octanol–water partition coefficient (Wildman–Crippen LogP) is 4.94. The first-order chi connectivity index (χ1) is 9.35. The second-order valence-electron chi connectivity index (χ2n) is 8.07. The Balaban J connectivity index is 2.07. The molecule has 0 saturated carbocycles. The number of quaternary nitrogens is 1. The van der Waals surface area contributed by atoms with Crippen molar-refractivity contribution in [3.8, 4) is 0 Å². The standard InChI is InChI=1S/C19H34N/c1-16-10-9-13-19(3,4)18(16)12-11-17(2)20(5)14-7-6-8-15-20/h10-12,17-18H,6-9,13-15H2,1-5H3/q+1. The molecule has 2 unspecified atom stereocenters. The van der Waals surface area contributed by atoms with E-state index in [1.807, 2.05) is 0 Å². The summed E-state index contributed by atoms with van der Waals surface area (Å²) in [6.07, 6.45) is 14.3. The van der Waals surface area contributed by atoms with E-state index in [0.29, 0.717) is 17.4 Å². The molecule has 0 aromatic carbocycles. The molecule has 0 aromatic rings. The normalized spacial score (nSPS) is 31.1. The van der Waals surface area contributed by atoms with Gasteiger partial charge >= 0.3 is 0 Å². The van der Waals surface area contributed by atoms with Crippen LogP contribution < -0.4 is 0 Å². The van der Waals surface area contributed by atoms with Crippen molar-refractivity contribution in [2.45, 2.75) is 65.8 Å². The summed E-state index contributed by atoms with van der Waals surface area (Å²) in [4.78, 5) is 0. The highest BCUT2D eigenvalue weighted by atomic mass is 15.4. The van der Waals surface area contributed by atoms with Gasteiger partial charge in [0.05, 0.1) is 20.1 Å². The summed E-state index contributed by atoms with van der Waals surface area (Å²) in [6, 6.07) is 0.654. The van der Waals surface area contributed by atoms with Gasteiger partial charge in [-0.3, -0.25) is 0 Å². The Kier molecular flexibility index (Phi) is 4.79. The summed E-state index contributed by atoms with van der Waals surface area (Å²) in [6.45, 7) is 12.3. The maximum atomic E-state index is 2.52. The number of likely N-dealkylation sites (N-methyl/N-ethyl adjacent to an activating group) is 1. The van der Waals surface area contributed by atoms with Gasteiger partial charge in [0, 0.05) is 5.92 Å². The lowest BCUT2D eigenvalue weighted by molar-refractivity contribution is -0.929. The van der Waals surface area contributed by atoms with E-state index in [-0.39, 0.29) is 0 Å². The number of hydrogen-bond acceptors (Lipinski definition) is 0. The van der Waals surface area contributed by atoms with Gasteiger partial charge in [-0.15, -0.1) is 0 Å². The summed E-state index contributed by atoms with van der Waals surface area (Å²) in [7, 11) is 2.45. The van der Waals surface area contributed by atoms with Crippen LogP contribution in [0.4, 0.5) is 0 Å². The average Bonchev–Trinajstić information content (AvgIpc) is 2.38. The lowest BCUT2D eigenvalue weighted by Crippen LogP contribution is -2.53. The Morgan fingerprint density at radius 3 is 2.50 bits per heavy atom. The van der Waals surface area contributed by atoms with Gasteiger partial charge in [0.2, 0.25) is 0 Å². The third-order valence-electron chi connectivity index (χ3n) is 5.99. The Bertz CT molecular complexity index is 383. The highest BCUT2D eigenvalue weighted by Gasteiger charge is 2.33. The van der Waals surface area contributed by atoms with Crippen LogP contribution in [0.1, 0.15) is 59.8 Å². The van der Waals surface area contributed by atoms with E-state index in [1.54, 1.807) is 5.57 Å².